The fourth-order valence-electron chi connectivity index (χ4n) is 2.68. The number of aromatic nitrogens is 3. The third kappa shape index (κ3) is 3.61. The van der Waals surface area contributed by atoms with Crippen LogP contribution in [0.2, 0.25) is 5.02 Å². The Bertz CT molecular complexity index is 1100. The summed E-state index contributed by atoms with van der Waals surface area (Å²) in [6.45, 7) is 2.59. The standard InChI is InChI=1S/C19H15ClN4OS/c1-12-5-6-16-17(7-12)26-19(22-16)23-18(25)14-4-2-3-13(8-14)10-24-11-15(20)9-21-24/h2-9,11H,10H2,1H3,(H,22,23,25). The number of rotatable bonds is 4. The molecule has 130 valence electrons. The third-order valence-corrected chi connectivity index (χ3v) is 5.03. The molecule has 2 aromatic heterocycles. The predicted molar refractivity (Wildman–Crippen MR) is 105 cm³/mol. The van der Waals surface area contributed by atoms with Gasteiger partial charge in [-0.15, -0.1) is 0 Å². The number of halogens is 1. The van der Waals surface area contributed by atoms with Crippen molar-refractivity contribution in [3.05, 3.63) is 76.6 Å². The smallest absolute Gasteiger partial charge is 0.257 e. The first-order chi connectivity index (χ1) is 12.6. The monoisotopic (exact) mass is 382 g/mol. The number of aryl methyl sites for hydroxylation is 1. The van der Waals surface area contributed by atoms with Crippen LogP contribution >= 0.6 is 22.9 Å². The second-order valence-electron chi connectivity index (χ2n) is 6.00. The van der Waals surface area contributed by atoms with Crippen molar-refractivity contribution < 1.29 is 4.79 Å². The molecular weight excluding hydrogens is 368 g/mol. The third-order valence-electron chi connectivity index (χ3n) is 3.90. The van der Waals surface area contributed by atoms with Crippen LogP contribution in [0.4, 0.5) is 5.13 Å². The van der Waals surface area contributed by atoms with Gasteiger partial charge in [-0.1, -0.05) is 41.1 Å². The van der Waals surface area contributed by atoms with Crippen molar-refractivity contribution in [2.45, 2.75) is 13.5 Å². The SMILES string of the molecule is Cc1ccc2nc(NC(=O)c3cccc(Cn4cc(Cl)cn4)c3)sc2c1. The molecule has 4 aromatic rings. The molecule has 0 bridgehead atoms. The normalized spacial score (nSPS) is 11.0. The Balaban J connectivity index is 1.52. The minimum Gasteiger partial charge on any atom is -0.298 e. The van der Waals surface area contributed by atoms with Crippen molar-refractivity contribution in [3.63, 3.8) is 0 Å². The molecule has 5 nitrogen and oxygen atoms in total. The second-order valence-corrected chi connectivity index (χ2v) is 7.47. The molecule has 26 heavy (non-hydrogen) atoms. The number of benzene rings is 2. The van der Waals surface area contributed by atoms with E-state index >= 15 is 0 Å². The number of carbonyl (C=O) groups is 1. The van der Waals surface area contributed by atoms with Gasteiger partial charge in [0.2, 0.25) is 0 Å². The van der Waals surface area contributed by atoms with E-state index in [1.165, 1.54) is 16.9 Å². The van der Waals surface area contributed by atoms with Crippen LogP contribution in [0.1, 0.15) is 21.5 Å². The number of amides is 1. The highest BCUT2D eigenvalue weighted by molar-refractivity contribution is 7.22. The van der Waals surface area contributed by atoms with Crippen LogP contribution in [0.5, 0.6) is 0 Å². The first-order valence-corrected chi connectivity index (χ1v) is 9.22. The van der Waals surface area contributed by atoms with Crippen LogP contribution in [-0.2, 0) is 6.54 Å². The maximum absolute atomic E-state index is 12.6. The van der Waals surface area contributed by atoms with Crippen LogP contribution in [0, 0.1) is 6.92 Å². The molecule has 0 saturated heterocycles. The summed E-state index contributed by atoms with van der Waals surface area (Å²) >= 11 is 7.36. The average molecular weight is 383 g/mol. The van der Waals surface area contributed by atoms with Crippen molar-refractivity contribution in [2.75, 3.05) is 5.32 Å². The molecule has 2 heterocycles. The van der Waals surface area contributed by atoms with Gasteiger partial charge in [-0.2, -0.15) is 5.10 Å². The topological polar surface area (TPSA) is 59.8 Å². The van der Waals surface area contributed by atoms with Crippen LogP contribution in [0.15, 0.2) is 54.9 Å². The first kappa shape index (κ1) is 16.8. The summed E-state index contributed by atoms with van der Waals surface area (Å²) in [7, 11) is 0. The Hall–Kier alpha value is -2.70. The van der Waals surface area contributed by atoms with Gasteiger partial charge in [-0.05, 0) is 42.3 Å². The highest BCUT2D eigenvalue weighted by Crippen LogP contribution is 2.27. The quantitative estimate of drug-likeness (QED) is 0.553. The lowest BCUT2D eigenvalue weighted by Crippen LogP contribution is -2.12. The van der Waals surface area contributed by atoms with Gasteiger partial charge >= 0.3 is 0 Å². The van der Waals surface area contributed by atoms with Gasteiger partial charge in [0.25, 0.3) is 5.91 Å². The molecule has 0 aliphatic heterocycles. The molecule has 0 aliphatic rings. The molecule has 0 unspecified atom stereocenters. The van der Waals surface area contributed by atoms with E-state index in [1.807, 2.05) is 37.3 Å². The molecule has 4 rings (SSSR count). The predicted octanol–water partition coefficient (Wildman–Crippen LogP) is 4.76. The van der Waals surface area contributed by atoms with Crippen molar-refractivity contribution in [1.29, 1.82) is 0 Å². The molecule has 0 radical (unpaired) electrons. The number of carbonyl (C=O) groups excluding carboxylic acids is 1. The summed E-state index contributed by atoms with van der Waals surface area (Å²) in [6, 6.07) is 13.5. The van der Waals surface area contributed by atoms with Crippen LogP contribution in [-0.4, -0.2) is 20.7 Å². The van der Waals surface area contributed by atoms with Crippen LogP contribution in [0.25, 0.3) is 10.2 Å². The molecule has 0 fully saturated rings. The van der Waals surface area contributed by atoms with Gasteiger partial charge in [-0.25, -0.2) is 4.98 Å². The molecule has 2 aromatic carbocycles. The fraction of sp³-hybridized carbons (Fsp3) is 0.105. The Morgan fingerprint density at radius 1 is 1.27 bits per heavy atom. The van der Waals surface area contributed by atoms with Crippen molar-refractivity contribution >= 4 is 44.2 Å². The summed E-state index contributed by atoms with van der Waals surface area (Å²) in [5, 5.41) is 8.23. The van der Waals surface area contributed by atoms with Crippen molar-refractivity contribution in [2.24, 2.45) is 0 Å². The highest BCUT2D eigenvalue weighted by Gasteiger charge is 2.11. The van der Waals surface area contributed by atoms with Crippen molar-refractivity contribution in [1.82, 2.24) is 14.8 Å². The molecule has 1 N–H and O–H groups in total. The van der Waals surface area contributed by atoms with E-state index in [4.69, 9.17) is 11.6 Å². The van der Waals surface area contributed by atoms with E-state index < -0.39 is 0 Å². The molecule has 1 amide bonds. The van der Waals surface area contributed by atoms with E-state index in [9.17, 15) is 4.79 Å². The average Bonchev–Trinajstić information content (AvgIpc) is 3.20. The Kier molecular flexibility index (Phi) is 4.44. The first-order valence-electron chi connectivity index (χ1n) is 8.02. The molecular formula is C19H15ClN4OS. The highest BCUT2D eigenvalue weighted by atomic mass is 35.5. The van der Waals surface area contributed by atoms with Gasteiger partial charge in [0.1, 0.15) is 0 Å². The van der Waals surface area contributed by atoms with Crippen molar-refractivity contribution in [3.8, 4) is 0 Å². The zero-order chi connectivity index (χ0) is 18.1. The van der Waals surface area contributed by atoms with Crippen LogP contribution < -0.4 is 5.32 Å². The molecule has 0 saturated carbocycles. The number of thiazole rings is 1. The number of nitrogens with zero attached hydrogens (tertiary/aromatic N) is 3. The Labute approximate surface area is 159 Å². The van der Waals surface area contributed by atoms with E-state index in [0.29, 0.717) is 22.3 Å². The Morgan fingerprint density at radius 3 is 2.96 bits per heavy atom. The summed E-state index contributed by atoms with van der Waals surface area (Å²) in [4.78, 5) is 17.0. The van der Waals surface area contributed by atoms with Gasteiger partial charge in [0, 0.05) is 11.8 Å². The zero-order valence-electron chi connectivity index (χ0n) is 13.9. The lowest BCUT2D eigenvalue weighted by Gasteiger charge is -2.05. The van der Waals surface area contributed by atoms with Gasteiger partial charge in [-0.3, -0.25) is 14.8 Å². The Morgan fingerprint density at radius 2 is 2.15 bits per heavy atom. The minimum absolute atomic E-state index is 0.180. The summed E-state index contributed by atoms with van der Waals surface area (Å²) in [5.74, 6) is -0.180. The molecule has 0 aliphatic carbocycles. The minimum atomic E-state index is -0.180. The lowest BCUT2D eigenvalue weighted by atomic mass is 10.1. The summed E-state index contributed by atoms with van der Waals surface area (Å²) in [5.41, 5.74) is 3.61. The van der Waals surface area contributed by atoms with E-state index in [0.717, 1.165) is 15.8 Å². The van der Waals surface area contributed by atoms with Gasteiger partial charge in [0.05, 0.1) is 28.0 Å². The van der Waals surface area contributed by atoms with E-state index in [1.54, 1.807) is 23.1 Å². The molecule has 7 heteroatoms. The van der Waals surface area contributed by atoms with E-state index in [-0.39, 0.29) is 5.91 Å². The number of anilines is 1. The number of hydrogen-bond acceptors (Lipinski definition) is 4. The maximum Gasteiger partial charge on any atom is 0.257 e. The second kappa shape index (κ2) is 6.90. The number of hydrogen-bond donors (Lipinski definition) is 1. The summed E-state index contributed by atoms with van der Waals surface area (Å²) in [6.07, 6.45) is 3.34. The molecule has 0 spiro atoms. The van der Waals surface area contributed by atoms with Crippen LogP contribution in [0.3, 0.4) is 0 Å². The summed E-state index contributed by atoms with van der Waals surface area (Å²) < 4.78 is 2.79. The van der Waals surface area contributed by atoms with Gasteiger partial charge in [0.15, 0.2) is 5.13 Å². The lowest BCUT2D eigenvalue weighted by molar-refractivity contribution is 0.102. The zero-order valence-corrected chi connectivity index (χ0v) is 15.5. The number of nitrogens with one attached hydrogen (secondary N) is 1. The fourth-order valence-corrected chi connectivity index (χ4v) is 3.79. The van der Waals surface area contributed by atoms with E-state index in [2.05, 4.69) is 21.5 Å². The largest absolute Gasteiger partial charge is 0.298 e. The maximum atomic E-state index is 12.6. The molecule has 0 atom stereocenters. The number of fused-ring (bicyclic) bond motifs is 1. The van der Waals surface area contributed by atoms with Gasteiger partial charge < -0.3 is 0 Å².